The molecule has 1 aliphatic heterocycles. The Kier molecular flexibility index (Phi) is 5.85. The molecule has 0 saturated heterocycles. The highest BCUT2D eigenvalue weighted by molar-refractivity contribution is 6.11. The van der Waals surface area contributed by atoms with Gasteiger partial charge < -0.3 is 21.1 Å². The molecule has 0 radical (unpaired) electrons. The lowest BCUT2D eigenvalue weighted by molar-refractivity contribution is -0.123. The molecule has 2 aromatic carbocycles. The van der Waals surface area contributed by atoms with E-state index in [9.17, 15) is 9.59 Å². The van der Waals surface area contributed by atoms with Crippen LogP contribution in [0.1, 0.15) is 6.42 Å². The maximum absolute atomic E-state index is 12.3. The molecule has 0 bridgehead atoms. The number of nitrogens with one attached hydrogen (secondary N) is 3. The van der Waals surface area contributed by atoms with Gasteiger partial charge in [-0.3, -0.25) is 14.9 Å². The Morgan fingerprint density at radius 3 is 2.64 bits per heavy atom. The predicted octanol–water partition coefficient (Wildman–Crippen LogP) is 1.30. The first-order valence-electron chi connectivity index (χ1n) is 8.53. The van der Waals surface area contributed by atoms with Gasteiger partial charge in [-0.05, 0) is 24.3 Å². The zero-order valence-corrected chi connectivity index (χ0v) is 15.2. The van der Waals surface area contributed by atoms with Crippen molar-refractivity contribution in [3.63, 3.8) is 0 Å². The Hall–Kier alpha value is -3.88. The third-order valence-corrected chi connectivity index (χ3v) is 3.85. The number of carbonyl (C=O) groups is 2. The minimum Gasteiger partial charge on any atom is -0.495 e. The molecule has 0 unspecified atom stereocenters. The highest BCUT2D eigenvalue weighted by Crippen LogP contribution is 2.23. The molecule has 1 heterocycles. The average molecular weight is 380 g/mol. The number of carbonyl (C=O) groups excluding carboxylic acids is 2. The standard InChI is InChI=1S/C19H20N6O3/c1-28-15-10-6-5-9-13(15)22-16(26)11-14-17(27)24-19(23-14)25-18(20)21-12-7-3-2-4-8-12/h2-10,14H,11H2,1H3,(H,22,26)(H4,20,21,23,24,25,27)/t14-/m0/s1. The lowest BCUT2D eigenvalue weighted by atomic mass is 10.2. The van der Waals surface area contributed by atoms with Crippen molar-refractivity contribution < 1.29 is 14.3 Å². The minimum absolute atomic E-state index is 0.0565. The van der Waals surface area contributed by atoms with Crippen molar-refractivity contribution in [1.82, 2.24) is 5.32 Å². The number of rotatable bonds is 5. The first-order valence-corrected chi connectivity index (χ1v) is 8.53. The van der Waals surface area contributed by atoms with Gasteiger partial charge in [-0.15, -0.1) is 0 Å². The fourth-order valence-electron chi connectivity index (χ4n) is 2.56. The van der Waals surface area contributed by atoms with E-state index >= 15 is 0 Å². The van der Waals surface area contributed by atoms with Crippen molar-refractivity contribution in [3.8, 4) is 5.75 Å². The Morgan fingerprint density at radius 1 is 1.18 bits per heavy atom. The van der Waals surface area contributed by atoms with Crippen molar-refractivity contribution in [2.75, 3.05) is 17.7 Å². The average Bonchev–Trinajstić information content (AvgIpc) is 3.01. The number of amides is 2. The van der Waals surface area contributed by atoms with Crippen LogP contribution in [0, 0.1) is 0 Å². The fraction of sp³-hybridized carbons (Fsp3) is 0.158. The molecule has 0 saturated carbocycles. The van der Waals surface area contributed by atoms with Crippen LogP contribution < -0.4 is 26.4 Å². The van der Waals surface area contributed by atoms with Gasteiger partial charge in [0, 0.05) is 5.69 Å². The number of nitrogens with two attached hydrogens (primary N) is 1. The van der Waals surface area contributed by atoms with Crippen LogP contribution in [0.3, 0.4) is 0 Å². The topological polar surface area (TPSA) is 130 Å². The smallest absolute Gasteiger partial charge is 0.252 e. The largest absolute Gasteiger partial charge is 0.495 e. The van der Waals surface area contributed by atoms with Gasteiger partial charge in [-0.2, -0.15) is 4.99 Å². The summed E-state index contributed by atoms with van der Waals surface area (Å²) in [4.78, 5) is 32.5. The highest BCUT2D eigenvalue weighted by Gasteiger charge is 2.29. The van der Waals surface area contributed by atoms with Crippen molar-refractivity contribution in [3.05, 3.63) is 54.6 Å². The summed E-state index contributed by atoms with van der Waals surface area (Å²) in [5.74, 6) is -0.124. The molecule has 0 aliphatic carbocycles. The summed E-state index contributed by atoms with van der Waals surface area (Å²) in [5.41, 5.74) is 7.10. The summed E-state index contributed by atoms with van der Waals surface area (Å²) in [6.45, 7) is 0. The molecule has 1 aliphatic rings. The molecule has 144 valence electrons. The summed E-state index contributed by atoms with van der Waals surface area (Å²) in [6, 6.07) is 15.3. The van der Waals surface area contributed by atoms with E-state index in [1.54, 1.807) is 24.3 Å². The van der Waals surface area contributed by atoms with E-state index in [1.165, 1.54) is 7.11 Å². The van der Waals surface area contributed by atoms with Crippen LogP contribution >= 0.6 is 0 Å². The van der Waals surface area contributed by atoms with Crippen LogP contribution in [0.2, 0.25) is 0 Å². The summed E-state index contributed by atoms with van der Waals surface area (Å²) in [7, 11) is 1.51. The molecule has 28 heavy (non-hydrogen) atoms. The van der Waals surface area contributed by atoms with Crippen LogP contribution in [0.5, 0.6) is 5.75 Å². The fourth-order valence-corrected chi connectivity index (χ4v) is 2.56. The number of aliphatic imine (C=N–C) groups is 2. The summed E-state index contributed by atoms with van der Waals surface area (Å²) >= 11 is 0. The molecule has 1 atom stereocenters. The van der Waals surface area contributed by atoms with Crippen LogP contribution in [0.4, 0.5) is 11.4 Å². The van der Waals surface area contributed by atoms with Gasteiger partial charge >= 0.3 is 0 Å². The number of para-hydroxylation sites is 3. The first-order chi connectivity index (χ1) is 13.5. The second-order valence-electron chi connectivity index (χ2n) is 5.90. The van der Waals surface area contributed by atoms with E-state index in [0.29, 0.717) is 11.4 Å². The number of hydrogen-bond donors (Lipinski definition) is 4. The minimum atomic E-state index is -0.877. The Balaban J connectivity index is 1.61. The Bertz CT molecular complexity index is 926. The molecule has 5 N–H and O–H groups in total. The summed E-state index contributed by atoms with van der Waals surface area (Å²) in [5, 5.41) is 8.11. The van der Waals surface area contributed by atoms with Crippen LogP contribution in [0.25, 0.3) is 0 Å². The van der Waals surface area contributed by atoms with Gasteiger partial charge in [0.1, 0.15) is 11.8 Å². The number of anilines is 2. The van der Waals surface area contributed by atoms with E-state index in [0.717, 1.165) is 5.69 Å². The predicted molar refractivity (Wildman–Crippen MR) is 107 cm³/mol. The zero-order chi connectivity index (χ0) is 19.9. The van der Waals surface area contributed by atoms with Gasteiger partial charge in [-0.1, -0.05) is 30.3 Å². The summed E-state index contributed by atoms with van der Waals surface area (Å²) in [6.07, 6.45) is -0.130. The zero-order valence-electron chi connectivity index (χ0n) is 15.2. The molecular formula is C19H20N6O3. The number of nitrogens with zero attached hydrogens (tertiary/aromatic N) is 2. The Morgan fingerprint density at radius 2 is 1.89 bits per heavy atom. The third-order valence-electron chi connectivity index (χ3n) is 3.85. The van der Waals surface area contributed by atoms with E-state index in [2.05, 4.69) is 25.9 Å². The van der Waals surface area contributed by atoms with Crippen LogP contribution in [-0.4, -0.2) is 36.9 Å². The highest BCUT2D eigenvalue weighted by atomic mass is 16.5. The molecule has 0 aromatic heterocycles. The lowest BCUT2D eigenvalue weighted by Gasteiger charge is -2.10. The van der Waals surface area contributed by atoms with E-state index in [4.69, 9.17) is 10.5 Å². The molecular weight excluding hydrogens is 360 g/mol. The van der Waals surface area contributed by atoms with Gasteiger partial charge in [0.15, 0.2) is 0 Å². The number of hydrogen-bond acceptors (Lipinski definition) is 5. The maximum Gasteiger partial charge on any atom is 0.252 e. The van der Waals surface area contributed by atoms with Crippen molar-refractivity contribution in [1.29, 1.82) is 0 Å². The van der Waals surface area contributed by atoms with Crippen molar-refractivity contribution >= 4 is 35.1 Å². The molecule has 2 aromatic rings. The number of benzene rings is 2. The number of methoxy groups -OCH3 is 1. The quantitative estimate of drug-likeness (QED) is 0.459. The third kappa shape index (κ3) is 4.85. The van der Waals surface area contributed by atoms with Crippen molar-refractivity contribution in [2.45, 2.75) is 12.5 Å². The molecule has 0 spiro atoms. The van der Waals surface area contributed by atoms with Gasteiger partial charge in [-0.25, -0.2) is 4.99 Å². The molecule has 9 heteroatoms. The van der Waals surface area contributed by atoms with E-state index < -0.39 is 11.9 Å². The van der Waals surface area contributed by atoms with Gasteiger partial charge in [0.2, 0.25) is 17.8 Å². The molecule has 3 rings (SSSR count). The van der Waals surface area contributed by atoms with E-state index in [1.807, 2.05) is 30.3 Å². The normalized spacial score (nSPS) is 16.2. The monoisotopic (exact) mass is 380 g/mol. The van der Waals surface area contributed by atoms with E-state index in [-0.39, 0.29) is 24.2 Å². The second-order valence-corrected chi connectivity index (χ2v) is 5.90. The van der Waals surface area contributed by atoms with Gasteiger partial charge in [0.05, 0.1) is 19.2 Å². The summed E-state index contributed by atoms with van der Waals surface area (Å²) < 4.78 is 5.19. The van der Waals surface area contributed by atoms with Crippen molar-refractivity contribution in [2.24, 2.45) is 15.7 Å². The maximum atomic E-state index is 12.3. The van der Waals surface area contributed by atoms with Gasteiger partial charge in [0.25, 0.3) is 5.91 Å². The Labute approximate surface area is 161 Å². The lowest BCUT2D eigenvalue weighted by Crippen LogP contribution is -2.32. The molecule has 2 amide bonds. The first kappa shape index (κ1) is 18.9. The molecule has 0 fully saturated rings. The number of ether oxygens (including phenoxy) is 1. The van der Waals surface area contributed by atoms with Crippen LogP contribution in [0.15, 0.2) is 64.6 Å². The number of guanidine groups is 2. The van der Waals surface area contributed by atoms with Crippen LogP contribution in [-0.2, 0) is 9.59 Å². The SMILES string of the molecule is COc1ccccc1NC(=O)C[C@@H]1N=C(N=C(N)Nc2ccccc2)NC1=O. The second kappa shape index (κ2) is 8.67. The molecule has 9 nitrogen and oxygen atoms in total.